The van der Waals surface area contributed by atoms with Gasteiger partial charge in [0.1, 0.15) is 0 Å². The first-order valence-electron chi connectivity index (χ1n) is 4.01. The minimum absolute atomic E-state index is 0.306. The van der Waals surface area contributed by atoms with Crippen molar-refractivity contribution >= 4 is 22.6 Å². The summed E-state index contributed by atoms with van der Waals surface area (Å²) in [6.45, 7) is 4.07. The van der Waals surface area contributed by atoms with Gasteiger partial charge >= 0.3 is 5.69 Å². The fourth-order valence-electron chi connectivity index (χ4n) is 1.07. The molecule has 0 fully saturated rings. The zero-order valence-electron chi connectivity index (χ0n) is 7.48. The monoisotopic (exact) mass is 294 g/mol. The molecule has 0 aliphatic rings. The third-order valence-corrected chi connectivity index (χ3v) is 2.71. The molecule has 1 heterocycles. The maximum absolute atomic E-state index is 11.2. The van der Waals surface area contributed by atoms with E-state index in [1.807, 2.05) is 36.4 Å². The van der Waals surface area contributed by atoms with Gasteiger partial charge in [-0.1, -0.05) is 13.8 Å². The molecule has 4 nitrogen and oxygen atoms in total. The fraction of sp³-hybridized carbons (Fsp3) is 0.500. The molecular weight excluding hydrogens is 283 g/mol. The number of aromatic nitrogens is 2. The highest BCUT2D eigenvalue weighted by Crippen LogP contribution is 2.07. The Balaban J connectivity index is 3.21. The minimum atomic E-state index is -0.430. The van der Waals surface area contributed by atoms with Gasteiger partial charge in [0.25, 0.3) is 5.56 Å². The molecule has 0 aliphatic heterocycles. The van der Waals surface area contributed by atoms with Gasteiger partial charge < -0.3 is 4.98 Å². The summed E-state index contributed by atoms with van der Waals surface area (Å²) in [6, 6.07) is 0. The van der Waals surface area contributed by atoms with E-state index in [1.54, 1.807) is 0 Å². The van der Waals surface area contributed by atoms with E-state index in [1.165, 1.54) is 0 Å². The summed E-state index contributed by atoms with van der Waals surface area (Å²) in [5.74, 6) is 0.422. The van der Waals surface area contributed by atoms with Crippen LogP contribution in [0.3, 0.4) is 0 Å². The Bertz CT molecular complexity index is 405. The number of hydrogen-bond donors (Lipinski definition) is 2. The second kappa shape index (κ2) is 4.08. The van der Waals surface area contributed by atoms with Crippen LogP contribution in [0, 0.1) is 9.49 Å². The zero-order valence-corrected chi connectivity index (χ0v) is 9.64. The van der Waals surface area contributed by atoms with Gasteiger partial charge in [-0.25, -0.2) is 4.79 Å². The molecule has 72 valence electrons. The van der Waals surface area contributed by atoms with Crippen LogP contribution < -0.4 is 11.2 Å². The second-order valence-corrected chi connectivity index (χ2v) is 4.38. The van der Waals surface area contributed by atoms with Crippen LogP contribution in [0.2, 0.25) is 0 Å². The molecular formula is C8H11IN2O2. The normalized spacial score (nSPS) is 10.8. The molecule has 0 unspecified atom stereocenters. The van der Waals surface area contributed by atoms with Gasteiger partial charge in [-0.05, 0) is 34.9 Å². The SMILES string of the molecule is CC(C)Cc1[nH]c(=O)[nH]c(=O)c1I. The molecule has 0 atom stereocenters. The predicted molar refractivity (Wildman–Crippen MR) is 58.9 cm³/mol. The lowest BCUT2D eigenvalue weighted by Gasteiger charge is -2.05. The minimum Gasteiger partial charge on any atom is -0.310 e. The van der Waals surface area contributed by atoms with Gasteiger partial charge in [-0.15, -0.1) is 0 Å². The average molecular weight is 294 g/mol. The van der Waals surface area contributed by atoms with Crippen molar-refractivity contribution in [3.63, 3.8) is 0 Å². The molecule has 1 aromatic heterocycles. The topological polar surface area (TPSA) is 65.7 Å². The third kappa shape index (κ3) is 2.68. The standard InChI is InChI=1S/C8H11IN2O2/c1-4(2)3-5-6(9)7(12)11-8(13)10-5/h4H,3H2,1-2H3,(H2,10,11,12,13). The smallest absolute Gasteiger partial charge is 0.310 e. The van der Waals surface area contributed by atoms with Crippen molar-refractivity contribution in [1.29, 1.82) is 0 Å². The molecule has 0 amide bonds. The molecule has 1 rings (SSSR count). The van der Waals surface area contributed by atoms with Gasteiger partial charge in [0.2, 0.25) is 0 Å². The number of H-pyrrole nitrogens is 2. The van der Waals surface area contributed by atoms with Crippen molar-refractivity contribution in [3.05, 3.63) is 30.1 Å². The van der Waals surface area contributed by atoms with E-state index in [0.717, 1.165) is 12.1 Å². The lowest BCUT2D eigenvalue weighted by atomic mass is 10.1. The first-order valence-corrected chi connectivity index (χ1v) is 5.09. The Labute approximate surface area is 88.9 Å². The highest BCUT2D eigenvalue weighted by atomic mass is 127. The summed E-state index contributed by atoms with van der Waals surface area (Å²) in [7, 11) is 0. The summed E-state index contributed by atoms with van der Waals surface area (Å²) in [6.07, 6.45) is 0.720. The van der Waals surface area contributed by atoms with Gasteiger partial charge in [0.15, 0.2) is 0 Å². The number of hydrogen-bond acceptors (Lipinski definition) is 2. The summed E-state index contributed by atoms with van der Waals surface area (Å²) in [4.78, 5) is 26.9. The van der Waals surface area contributed by atoms with E-state index in [-0.39, 0.29) is 5.56 Å². The lowest BCUT2D eigenvalue weighted by molar-refractivity contribution is 0.628. The van der Waals surface area contributed by atoms with Crippen molar-refractivity contribution in [3.8, 4) is 0 Å². The molecule has 0 spiro atoms. The third-order valence-electron chi connectivity index (χ3n) is 1.57. The lowest BCUT2D eigenvalue weighted by Crippen LogP contribution is -2.27. The van der Waals surface area contributed by atoms with Crippen molar-refractivity contribution < 1.29 is 0 Å². The highest BCUT2D eigenvalue weighted by molar-refractivity contribution is 14.1. The number of nitrogens with one attached hydrogen (secondary N) is 2. The van der Waals surface area contributed by atoms with Crippen molar-refractivity contribution in [2.45, 2.75) is 20.3 Å². The van der Waals surface area contributed by atoms with Crippen LogP contribution in [0.1, 0.15) is 19.5 Å². The van der Waals surface area contributed by atoms with E-state index >= 15 is 0 Å². The molecule has 0 aliphatic carbocycles. The summed E-state index contributed by atoms with van der Waals surface area (Å²) in [5.41, 5.74) is -0.00887. The zero-order chi connectivity index (χ0) is 10.0. The Morgan fingerprint density at radius 3 is 2.46 bits per heavy atom. The Kier molecular flexibility index (Phi) is 3.29. The Hall–Kier alpha value is -0.590. The molecule has 0 radical (unpaired) electrons. The molecule has 0 saturated heterocycles. The van der Waals surface area contributed by atoms with Crippen molar-refractivity contribution in [2.75, 3.05) is 0 Å². The fourth-order valence-corrected chi connectivity index (χ4v) is 1.56. The van der Waals surface area contributed by atoms with Gasteiger partial charge in [-0.3, -0.25) is 9.78 Å². The van der Waals surface area contributed by atoms with Crippen LogP contribution in [0.25, 0.3) is 0 Å². The quantitative estimate of drug-likeness (QED) is 0.795. The molecule has 1 aromatic rings. The van der Waals surface area contributed by atoms with Gasteiger partial charge in [-0.2, -0.15) is 0 Å². The molecule has 0 saturated carbocycles. The molecule has 5 heteroatoms. The van der Waals surface area contributed by atoms with E-state index in [2.05, 4.69) is 9.97 Å². The molecule has 0 bridgehead atoms. The molecule has 0 aromatic carbocycles. The average Bonchev–Trinajstić information content (AvgIpc) is 1.98. The van der Waals surface area contributed by atoms with Crippen LogP contribution in [0.4, 0.5) is 0 Å². The first kappa shape index (κ1) is 10.5. The molecule has 13 heavy (non-hydrogen) atoms. The van der Waals surface area contributed by atoms with Crippen LogP contribution in [-0.2, 0) is 6.42 Å². The van der Waals surface area contributed by atoms with Crippen LogP contribution >= 0.6 is 22.6 Å². The van der Waals surface area contributed by atoms with Crippen LogP contribution in [0.5, 0.6) is 0 Å². The van der Waals surface area contributed by atoms with Crippen molar-refractivity contribution in [2.24, 2.45) is 5.92 Å². The van der Waals surface area contributed by atoms with Crippen LogP contribution in [-0.4, -0.2) is 9.97 Å². The first-order chi connectivity index (χ1) is 6.00. The van der Waals surface area contributed by atoms with E-state index < -0.39 is 5.69 Å². The number of halogens is 1. The maximum Gasteiger partial charge on any atom is 0.325 e. The van der Waals surface area contributed by atoms with Gasteiger partial charge in [0, 0.05) is 5.69 Å². The summed E-state index contributed by atoms with van der Waals surface area (Å²) in [5, 5.41) is 0. The Morgan fingerprint density at radius 1 is 1.31 bits per heavy atom. The van der Waals surface area contributed by atoms with Gasteiger partial charge in [0.05, 0.1) is 3.57 Å². The largest absolute Gasteiger partial charge is 0.325 e. The highest BCUT2D eigenvalue weighted by Gasteiger charge is 2.07. The Morgan fingerprint density at radius 2 is 1.92 bits per heavy atom. The van der Waals surface area contributed by atoms with E-state index in [4.69, 9.17) is 0 Å². The second-order valence-electron chi connectivity index (χ2n) is 3.30. The number of aromatic amines is 2. The van der Waals surface area contributed by atoms with Crippen molar-refractivity contribution in [1.82, 2.24) is 9.97 Å². The summed E-state index contributed by atoms with van der Waals surface area (Å²) < 4.78 is 0.575. The van der Waals surface area contributed by atoms with E-state index in [0.29, 0.717) is 9.49 Å². The van der Waals surface area contributed by atoms with E-state index in [9.17, 15) is 9.59 Å². The maximum atomic E-state index is 11.2. The summed E-state index contributed by atoms with van der Waals surface area (Å²) >= 11 is 1.94. The molecule has 2 N–H and O–H groups in total. The number of rotatable bonds is 2. The predicted octanol–water partition coefficient (Wildman–Crippen LogP) is 0.866. The van der Waals surface area contributed by atoms with Crippen LogP contribution in [0.15, 0.2) is 9.59 Å².